The van der Waals surface area contributed by atoms with E-state index < -0.39 is 6.10 Å². The molecule has 4 atom stereocenters. The van der Waals surface area contributed by atoms with Crippen LogP contribution in [0.2, 0.25) is 0 Å². The van der Waals surface area contributed by atoms with Crippen LogP contribution in [0.5, 0.6) is 0 Å². The summed E-state index contributed by atoms with van der Waals surface area (Å²) in [6.07, 6.45) is 1.07. The zero-order chi connectivity index (χ0) is 17.0. The fourth-order valence-corrected chi connectivity index (χ4v) is 3.91. The summed E-state index contributed by atoms with van der Waals surface area (Å²) in [7, 11) is 0. The molecular weight excluding hydrogens is 322 g/mol. The topological polar surface area (TPSA) is 85.6 Å². The molecule has 1 amide bonds. The average molecular weight is 343 g/mol. The minimum absolute atomic E-state index is 0.0794. The van der Waals surface area contributed by atoms with Crippen molar-refractivity contribution in [2.24, 2.45) is 0 Å². The van der Waals surface area contributed by atoms with Gasteiger partial charge in [-0.1, -0.05) is 12.1 Å². The molecule has 2 aromatic rings. The van der Waals surface area contributed by atoms with Gasteiger partial charge in [0.2, 0.25) is 5.91 Å². The van der Waals surface area contributed by atoms with Gasteiger partial charge < -0.3 is 24.5 Å². The van der Waals surface area contributed by atoms with Crippen LogP contribution in [0, 0.1) is 0 Å². The van der Waals surface area contributed by atoms with Gasteiger partial charge in [0.1, 0.15) is 30.7 Å². The highest BCUT2D eigenvalue weighted by molar-refractivity contribution is 5.81. The molecule has 2 N–H and O–H groups in total. The first-order valence-electron chi connectivity index (χ1n) is 8.86. The summed E-state index contributed by atoms with van der Waals surface area (Å²) >= 11 is 0. The van der Waals surface area contributed by atoms with Crippen LogP contribution in [0.4, 0.5) is 0 Å². The van der Waals surface area contributed by atoms with Crippen molar-refractivity contribution in [3.63, 3.8) is 0 Å². The molecule has 25 heavy (non-hydrogen) atoms. The minimum Gasteiger partial charge on any atom is -0.388 e. The van der Waals surface area contributed by atoms with Crippen LogP contribution >= 0.6 is 0 Å². The minimum atomic E-state index is -0.606. The van der Waals surface area contributed by atoms with Crippen molar-refractivity contribution in [3.8, 4) is 0 Å². The van der Waals surface area contributed by atoms with Gasteiger partial charge in [-0.2, -0.15) is 0 Å². The Balaban J connectivity index is 1.34. The van der Waals surface area contributed by atoms with Crippen LogP contribution in [0.15, 0.2) is 24.3 Å². The van der Waals surface area contributed by atoms with Crippen molar-refractivity contribution in [2.75, 3.05) is 13.2 Å². The van der Waals surface area contributed by atoms with Crippen LogP contribution in [0.3, 0.4) is 0 Å². The molecule has 0 spiro atoms. The Kier molecular flexibility index (Phi) is 3.55. The Bertz CT molecular complexity index is 816. The Hall–Kier alpha value is -1.96. The number of aliphatic hydroxyl groups is 1. The van der Waals surface area contributed by atoms with Gasteiger partial charge in [0, 0.05) is 5.92 Å². The summed E-state index contributed by atoms with van der Waals surface area (Å²) < 4.78 is 13.2. The summed E-state index contributed by atoms with van der Waals surface area (Å²) in [6.45, 7) is 0.876. The third kappa shape index (κ3) is 2.63. The fourth-order valence-electron chi connectivity index (χ4n) is 3.91. The third-order valence-corrected chi connectivity index (χ3v) is 5.30. The lowest BCUT2D eigenvalue weighted by atomic mass is 10.1. The lowest BCUT2D eigenvalue weighted by Crippen LogP contribution is -2.45. The number of fused-ring (bicyclic) bond motifs is 2. The van der Waals surface area contributed by atoms with E-state index in [9.17, 15) is 9.90 Å². The Morgan fingerprint density at radius 2 is 2.04 bits per heavy atom. The van der Waals surface area contributed by atoms with Crippen molar-refractivity contribution in [1.82, 2.24) is 14.9 Å². The Morgan fingerprint density at radius 3 is 2.88 bits per heavy atom. The van der Waals surface area contributed by atoms with Gasteiger partial charge in [-0.15, -0.1) is 0 Å². The van der Waals surface area contributed by atoms with Crippen molar-refractivity contribution in [3.05, 3.63) is 30.1 Å². The van der Waals surface area contributed by atoms with Gasteiger partial charge >= 0.3 is 0 Å². The number of hydrogen-bond acceptors (Lipinski definition) is 5. The van der Waals surface area contributed by atoms with E-state index in [0.717, 1.165) is 29.7 Å². The molecule has 1 aromatic heterocycles. The summed E-state index contributed by atoms with van der Waals surface area (Å²) in [4.78, 5) is 17.4. The molecule has 0 bridgehead atoms. The number of hydrogen-bond donors (Lipinski definition) is 2. The SMILES string of the molecule is O=C(Cn1c(C2CC2)nc2ccccc21)N[C@@H]1CO[C@H]2[C@@H]1OC[C@H]2O. The van der Waals surface area contributed by atoms with Gasteiger partial charge in [0.25, 0.3) is 0 Å². The van der Waals surface area contributed by atoms with E-state index >= 15 is 0 Å². The molecule has 0 radical (unpaired) electrons. The molecular formula is C18H21N3O4. The molecule has 1 aromatic carbocycles. The second-order valence-electron chi connectivity index (χ2n) is 7.16. The zero-order valence-electron chi connectivity index (χ0n) is 13.8. The van der Waals surface area contributed by atoms with Crippen molar-refractivity contribution < 1.29 is 19.4 Å². The molecule has 1 aliphatic carbocycles. The maximum Gasteiger partial charge on any atom is 0.240 e. The van der Waals surface area contributed by atoms with Crippen LogP contribution in [-0.4, -0.2) is 58.1 Å². The number of imidazole rings is 1. The molecule has 3 aliphatic rings. The number of rotatable bonds is 4. The first-order valence-corrected chi connectivity index (χ1v) is 8.86. The van der Waals surface area contributed by atoms with Crippen LogP contribution in [-0.2, 0) is 20.8 Å². The smallest absolute Gasteiger partial charge is 0.240 e. The summed E-state index contributed by atoms with van der Waals surface area (Å²) in [5, 5.41) is 12.8. The molecule has 3 fully saturated rings. The van der Waals surface area contributed by atoms with E-state index in [-0.39, 0.29) is 37.3 Å². The zero-order valence-corrected chi connectivity index (χ0v) is 13.8. The maximum atomic E-state index is 12.6. The van der Waals surface area contributed by atoms with Gasteiger partial charge in [0.05, 0.1) is 30.3 Å². The number of carbonyl (C=O) groups excluding carboxylic acids is 1. The number of amides is 1. The second kappa shape index (κ2) is 5.79. The molecule has 3 heterocycles. The number of aliphatic hydroxyl groups excluding tert-OH is 1. The quantitative estimate of drug-likeness (QED) is 0.847. The number of nitrogens with zero attached hydrogens (tertiary/aromatic N) is 2. The Labute approximate surface area is 144 Å². The molecule has 7 heteroatoms. The molecule has 7 nitrogen and oxygen atoms in total. The molecule has 1 saturated carbocycles. The maximum absolute atomic E-state index is 12.6. The number of benzene rings is 1. The molecule has 5 rings (SSSR count). The van der Waals surface area contributed by atoms with E-state index in [0.29, 0.717) is 12.5 Å². The fraction of sp³-hybridized carbons (Fsp3) is 0.556. The number of carbonyl (C=O) groups is 1. The number of ether oxygens (including phenoxy) is 2. The van der Waals surface area contributed by atoms with Crippen LogP contribution < -0.4 is 5.32 Å². The van der Waals surface area contributed by atoms with Crippen molar-refractivity contribution in [2.45, 2.75) is 49.7 Å². The Morgan fingerprint density at radius 1 is 1.24 bits per heavy atom. The van der Waals surface area contributed by atoms with E-state index in [1.165, 1.54) is 0 Å². The largest absolute Gasteiger partial charge is 0.388 e. The molecule has 0 unspecified atom stereocenters. The number of aromatic nitrogens is 2. The van der Waals surface area contributed by atoms with E-state index in [4.69, 9.17) is 14.5 Å². The van der Waals surface area contributed by atoms with Crippen LogP contribution in [0.25, 0.3) is 11.0 Å². The van der Waals surface area contributed by atoms with Gasteiger partial charge in [-0.3, -0.25) is 4.79 Å². The highest BCUT2D eigenvalue weighted by Gasteiger charge is 2.47. The standard InChI is InChI=1S/C18H21N3O4/c22-14-9-25-16-12(8-24-17(14)16)19-15(23)7-21-13-4-2-1-3-11(13)20-18(21)10-5-6-10/h1-4,10,12,14,16-17,22H,5-9H2,(H,19,23)/t12-,14-,16-,17-/m1/s1. The van der Waals surface area contributed by atoms with E-state index in [1.54, 1.807) is 0 Å². The normalized spacial score (nSPS) is 31.4. The summed E-state index contributed by atoms with van der Waals surface area (Å²) in [5.74, 6) is 1.39. The highest BCUT2D eigenvalue weighted by atomic mass is 16.6. The van der Waals surface area contributed by atoms with E-state index in [1.807, 2.05) is 28.8 Å². The van der Waals surface area contributed by atoms with Crippen molar-refractivity contribution >= 4 is 16.9 Å². The highest BCUT2D eigenvalue weighted by Crippen LogP contribution is 2.40. The first kappa shape index (κ1) is 15.3. The predicted octanol–water partition coefficient (Wildman–Crippen LogP) is 0.557. The first-order chi connectivity index (χ1) is 12.2. The lowest BCUT2D eigenvalue weighted by molar-refractivity contribution is -0.123. The van der Waals surface area contributed by atoms with Crippen molar-refractivity contribution in [1.29, 1.82) is 0 Å². The lowest BCUT2D eigenvalue weighted by Gasteiger charge is -2.18. The van der Waals surface area contributed by atoms with E-state index in [2.05, 4.69) is 5.32 Å². The van der Waals surface area contributed by atoms with Gasteiger partial charge in [-0.05, 0) is 25.0 Å². The molecule has 132 valence electrons. The number of para-hydroxylation sites is 2. The average Bonchev–Trinajstić information content (AvgIpc) is 3.14. The van der Waals surface area contributed by atoms with Crippen LogP contribution in [0.1, 0.15) is 24.6 Å². The van der Waals surface area contributed by atoms with Gasteiger partial charge in [0.15, 0.2) is 0 Å². The predicted molar refractivity (Wildman–Crippen MR) is 89.1 cm³/mol. The number of nitrogens with one attached hydrogen (secondary N) is 1. The molecule has 2 saturated heterocycles. The third-order valence-electron chi connectivity index (χ3n) is 5.30. The second-order valence-corrected chi connectivity index (χ2v) is 7.16. The summed E-state index contributed by atoms with van der Waals surface area (Å²) in [6, 6.07) is 7.72. The monoisotopic (exact) mass is 343 g/mol. The van der Waals surface area contributed by atoms with Gasteiger partial charge in [-0.25, -0.2) is 4.98 Å². The molecule has 2 aliphatic heterocycles. The summed E-state index contributed by atoms with van der Waals surface area (Å²) in [5.41, 5.74) is 1.93.